The number of thiazole rings is 1. The number of hydrogen-bond donors (Lipinski definition) is 3. The SMILES string of the molecule is COc1cc(NC(=O)OC(C)C)cnc1-c1ncc(-c2ccc(NC(=O)Oc3ccc([N+](=O)[O-])cc3)cc2S(N)(=O)=O)s1. The average Bonchev–Trinajstić information content (AvgIpc) is 3.42. The average molecular weight is 629 g/mol. The van der Waals surface area contributed by atoms with Crippen LogP contribution in [0.3, 0.4) is 0 Å². The van der Waals surface area contributed by atoms with Gasteiger partial charge < -0.3 is 14.2 Å². The zero-order valence-corrected chi connectivity index (χ0v) is 24.4. The van der Waals surface area contributed by atoms with Gasteiger partial charge in [0.2, 0.25) is 10.0 Å². The molecule has 15 nitrogen and oxygen atoms in total. The second-order valence-corrected chi connectivity index (χ2v) is 11.5. The number of hydrogen-bond acceptors (Lipinski definition) is 12. The van der Waals surface area contributed by atoms with Crippen molar-refractivity contribution in [2.75, 3.05) is 17.7 Å². The van der Waals surface area contributed by atoms with E-state index in [2.05, 4.69) is 20.6 Å². The molecule has 2 aromatic heterocycles. The molecule has 2 aromatic carbocycles. The van der Waals surface area contributed by atoms with Gasteiger partial charge in [0.15, 0.2) is 0 Å². The number of primary sulfonamides is 1. The maximum atomic E-state index is 12.5. The molecule has 0 bridgehead atoms. The number of amides is 2. The minimum atomic E-state index is -4.28. The van der Waals surface area contributed by atoms with Crippen LogP contribution >= 0.6 is 11.3 Å². The fourth-order valence-corrected chi connectivity index (χ4v) is 5.42. The van der Waals surface area contributed by atoms with Gasteiger partial charge in [0, 0.05) is 35.6 Å². The molecule has 4 aromatic rings. The molecule has 0 saturated carbocycles. The minimum absolute atomic E-state index is 0.0342. The van der Waals surface area contributed by atoms with Crippen molar-refractivity contribution in [3.05, 3.63) is 71.0 Å². The number of carbonyl (C=O) groups is 2. The van der Waals surface area contributed by atoms with E-state index in [9.17, 15) is 28.1 Å². The van der Waals surface area contributed by atoms with Crippen LogP contribution in [0.25, 0.3) is 21.1 Å². The van der Waals surface area contributed by atoms with Gasteiger partial charge in [-0.15, -0.1) is 11.3 Å². The number of nitrogens with zero attached hydrogens (tertiary/aromatic N) is 3. The van der Waals surface area contributed by atoms with E-state index >= 15 is 0 Å². The fourth-order valence-electron chi connectivity index (χ4n) is 3.62. The van der Waals surface area contributed by atoms with Crippen LogP contribution in [0, 0.1) is 10.1 Å². The van der Waals surface area contributed by atoms with Crippen LogP contribution in [0.5, 0.6) is 11.5 Å². The van der Waals surface area contributed by atoms with Crippen LogP contribution < -0.4 is 25.2 Å². The molecular formula is C26H24N6O9S2. The van der Waals surface area contributed by atoms with Gasteiger partial charge in [0.25, 0.3) is 5.69 Å². The second kappa shape index (κ2) is 12.8. The number of rotatable bonds is 9. The highest BCUT2D eigenvalue weighted by atomic mass is 32.2. The van der Waals surface area contributed by atoms with Crippen molar-refractivity contribution < 1.29 is 37.1 Å². The zero-order chi connectivity index (χ0) is 31.3. The van der Waals surface area contributed by atoms with Crippen LogP contribution in [0.1, 0.15) is 13.8 Å². The summed E-state index contributed by atoms with van der Waals surface area (Å²) in [5, 5.41) is 21.6. The highest BCUT2D eigenvalue weighted by molar-refractivity contribution is 7.89. The van der Waals surface area contributed by atoms with Gasteiger partial charge in [0.1, 0.15) is 22.2 Å². The number of nitrogens with two attached hydrogens (primary N) is 1. The summed E-state index contributed by atoms with van der Waals surface area (Å²) in [6.07, 6.45) is 0.901. The predicted octanol–water partition coefficient (Wildman–Crippen LogP) is 5.00. The zero-order valence-electron chi connectivity index (χ0n) is 22.8. The van der Waals surface area contributed by atoms with E-state index < -0.39 is 27.1 Å². The number of sulfonamides is 1. The van der Waals surface area contributed by atoms with E-state index in [1.165, 1.54) is 62.0 Å². The first-order valence-corrected chi connectivity index (χ1v) is 14.6. The van der Waals surface area contributed by atoms with Crippen LogP contribution in [-0.4, -0.2) is 48.7 Å². The third-order valence-corrected chi connectivity index (χ3v) is 7.42. The Bertz CT molecular complexity index is 1790. The molecule has 0 atom stereocenters. The van der Waals surface area contributed by atoms with E-state index in [4.69, 9.17) is 19.3 Å². The van der Waals surface area contributed by atoms with E-state index in [0.29, 0.717) is 27.0 Å². The molecule has 4 rings (SSSR count). The Morgan fingerprint density at radius 3 is 2.33 bits per heavy atom. The van der Waals surface area contributed by atoms with E-state index in [0.717, 1.165) is 17.4 Å². The smallest absolute Gasteiger partial charge is 0.417 e. The summed E-state index contributed by atoms with van der Waals surface area (Å²) < 4.78 is 40.6. The van der Waals surface area contributed by atoms with Crippen LogP contribution in [0.4, 0.5) is 26.7 Å². The van der Waals surface area contributed by atoms with Crippen molar-refractivity contribution in [1.82, 2.24) is 9.97 Å². The fraction of sp³-hybridized carbons (Fsp3) is 0.154. The van der Waals surface area contributed by atoms with Gasteiger partial charge in [-0.1, -0.05) is 6.07 Å². The van der Waals surface area contributed by atoms with Crippen LogP contribution in [0.15, 0.2) is 65.8 Å². The number of nitrogens with one attached hydrogen (secondary N) is 2. The van der Waals surface area contributed by atoms with E-state index in [1.54, 1.807) is 13.8 Å². The lowest BCUT2D eigenvalue weighted by atomic mass is 10.2. The second-order valence-electron chi connectivity index (χ2n) is 8.91. The lowest BCUT2D eigenvalue weighted by molar-refractivity contribution is -0.384. The Morgan fingerprint density at radius 2 is 1.70 bits per heavy atom. The maximum Gasteiger partial charge on any atom is 0.417 e. The summed E-state index contributed by atoms with van der Waals surface area (Å²) in [6, 6.07) is 10.4. The number of aromatic nitrogens is 2. The number of nitro benzene ring substituents is 1. The summed E-state index contributed by atoms with van der Waals surface area (Å²) in [4.78, 5) is 43.3. The van der Waals surface area contributed by atoms with Gasteiger partial charge in [-0.3, -0.25) is 20.7 Å². The Kier molecular flexibility index (Phi) is 9.18. The standard InChI is InChI=1S/C26H24N6O9S2/c1-14(2)40-25(33)31-16-10-20(39-3)23(28-12-16)24-29-13-21(42-24)19-9-4-15(11-22(19)43(27,37)38)30-26(34)41-18-7-5-17(6-8-18)32(35)36/h4-14H,1-3H3,(H,30,34)(H,31,33)(H2,27,37,38). The van der Waals surface area contributed by atoms with Crippen molar-refractivity contribution in [3.8, 4) is 32.6 Å². The Labute approximate surface area is 248 Å². The molecule has 2 amide bonds. The third kappa shape index (κ3) is 7.79. The van der Waals surface area contributed by atoms with Crippen molar-refractivity contribution >= 4 is 50.6 Å². The summed E-state index contributed by atoms with van der Waals surface area (Å²) in [5.74, 6) is 0.327. The number of ether oxygens (including phenoxy) is 3. The molecule has 0 aliphatic heterocycles. The molecule has 0 aliphatic rings. The largest absolute Gasteiger partial charge is 0.494 e. The number of non-ortho nitro benzene ring substituents is 1. The molecule has 0 radical (unpaired) electrons. The number of benzene rings is 2. The molecule has 0 saturated heterocycles. The first-order valence-electron chi connectivity index (χ1n) is 12.2. The molecular weight excluding hydrogens is 604 g/mol. The molecule has 43 heavy (non-hydrogen) atoms. The maximum absolute atomic E-state index is 12.5. The Balaban J connectivity index is 1.56. The number of carbonyl (C=O) groups excluding carboxylic acids is 2. The summed E-state index contributed by atoms with van der Waals surface area (Å²) in [5.41, 5.74) is 0.765. The highest BCUT2D eigenvalue weighted by Gasteiger charge is 2.21. The molecule has 0 unspecified atom stereocenters. The van der Waals surface area contributed by atoms with Gasteiger partial charge >= 0.3 is 12.2 Å². The monoisotopic (exact) mass is 628 g/mol. The number of nitro groups is 1. The summed E-state index contributed by atoms with van der Waals surface area (Å²) in [7, 11) is -2.86. The quantitative estimate of drug-likeness (QED) is 0.165. The Hall–Kier alpha value is -5.13. The number of anilines is 2. The molecule has 4 N–H and O–H groups in total. The van der Waals surface area contributed by atoms with Crippen LogP contribution in [0.2, 0.25) is 0 Å². The van der Waals surface area contributed by atoms with E-state index in [-0.39, 0.29) is 33.7 Å². The number of pyridine rings is 1. The minimum Gasteiger partial charge on any atom is -0.494 e. The molecule has 224 valence electrons. The molecule has 0 spiro atoms. The van der Waals surface area contributed by atoms with Crippen molar-refractivity contribution in [2.45, 2.75) is 24.8 Å². The summed E-state index contributed by atoms with van der Waals surface area (Å²) >= 11 is 1.11. The first-order chi connectivity index (χ1) is 20.3. The normalized spacial score (nSPS) is 11.1. The topological polar surface area (TPSA) is 215 Å². The summed E-state index contributed by atoms with van der Waals surface area (Å²) in [6.45, 7) is 3.43. The molecule has 0 aliphatic carbocycles. The van der Waals surface area contributed by atoms with Gasteiger partial charge in [-0.25, -0.2) is 33.1 Å². The van der Waals surface area contributed by atoms with Gasteiger partial charge in [0.05, 0.1) is 39.8 Å². The molecule has 2 heterocycles. The lowest BCUT2D eigenvalue weighted by Gasteiger charge is -2.11. The first kappa shape index (κ1) is 30.8. The highest BCUT2D eigenvalue weighted by Crippen LogP contribution is 2.39. The Morgan fingerprint density at radius 1 is 1.00 bits per heavy atom. The van der Waals surface area contributed by atoms with Crippen molar-refractivity contribution in [2.24, 2.45) is 5.14 Å². The molecule has 17 heteroatoms. The number of methoxy groups -OCH3 is 1. The molecule has 0 fully saturated rings. The predicted molar refractivity (Wildman–Crippen MR) is 157 cm³/mol. The third-order valence-electron chi connectivity index (χ3n) is 5.43. The van der Waals surface area contributed by atoms with Gasteiger partial charge in [-0.05, 0) is 38.1 Å². The lowest BCUT2D eigenvalue weighted by Crippen LogP contribution is -2.18. The van der Waals surface area contributed by atoms with Crippen LogP contribution in [-0.2, 0) is 14.8 Å². The van der Waals surface area contributed by atoms with Crippen molar-refractivity contribution in [3.63, 3.8) is 0 Å². The van der Waals surface area contributed by atoms with Gasteiger partial charge in [-0.2, -0.15) is 0 Å². The van der Waals surface area contributed by atoms with E-state index in [1.807, 2.05) is 0 Å². The van der Waals surface area contributed by atoms with Crippen molar-refractivity contribution in [1.29, 1.82) is 0 Å².